The van der Waals surface area contributed by atoms with E-state index >= 15 is 0 Å². The van der Waals surface area contributed by atoms with E-state index in [9.17, 15) is 16.8 Å². The first-order valence-corrected chi connectivity index (χ1v) is 8.44. The third kappa shape index (κ3) is 3.21. The summed E-state index contributed by atoms with van der Waals surface area (Å²) >= 11 is 0. The topological polar surface area (TPSA) is 124 Å². The summed E-state index contributed by atoms with van der Waals surface area (Å²) in [7, 11) is -6.12. The maximum Gasteiger partial charge on any atom is 0.243 e. The number of hydrogen-bond donors (Lipinski definition) is 2. The van der Waals surface area contributed by atoms with E-state index in [4.69, 9.17) is 5.14 Å². The maximum absolute atomic E-state index is 11.7. The molecule has 1 heterocycles. The van der Waals surface area contributed by atoms with Gasteiger partial charge in [0.1, 0.15) is 4.90 Å². The number of aryl methyl sites for hydroxylation is 1. The number of nitrogens with one attached hydrogen (secondary N) is 1. The Kier molecular flexibility index (Phi) is 3.11. The molecule has 0 bridgehead atoms. The van der Waals surface area contributed by atoms with Gasteiger partial charge in [-0.05, 0) is 18.8 Å². The van der Waals surface area contributed by atoms with Crippen molar-refractivity contribution in [2.45, 2.75) is 17.7 Å². The summed E-state index contributed by atoms with van der Waals surface area (Å²) in [5.41, 5.74) is 0. The van der Waals surface area contributed by atoms with Gasteiger partial charge in [0, 0.05) is 13.2 Å². The minimum absolute atomic E-state index is 0.0202. The molecule has 0 aromatic carbocycles. The van der Waals surface area contributed by atoms with Gasteiger partial charge in [0.25, 0.3) is 0 Å². The predicted octanol–water partition coefficient (Wildman–Crippen LogP) is -0.781. The van der Waals surface area contributed by atoms with Gasteiger partial charge in [0.15, 0.2) is 5.82 Å². The number of nitrogens with two attached hydrogens (primary N) is 1. The van der Waals surface area contributed by atoms with E-state index in [0.717, 1.165) is 19.0 Å². The van der Waals surface area contributed by atoms with Gasteiger partial charge in [0.05, 0.1) is 5.75 Å². The van der Waals surface area contributed by atoms with Crippen LogP contribution in [0.15, 0.2) is 11.1 Å². The van der Waals surface area contributed by atoms with Gasteiger partial charge in [-0.1, -0.05) is 0 Å². The second kappa shape index (κ2) is 4.21. The summed E-state index contributed by atoms with van der Waals surface area (Å²) in [5.74, 6) is -0.113. The molecule has 1 aromatic heterocycles. The highest BCUT2D eigenvalue weighted by molar-refractivity contribution is 7.93. The summed E-state index contributed by atoms with van der Waals surface area (Å²) in [5, 5.41) is 8.74. The highest BCUT2D eigenvalue weighted by Gasteiger charge is 2.30. The van der Waals surface area contributed by atoms with Crippen LogP contribution in [0, 0.1) is 5.92 Å². The molecule has 10 heteroatoms. The molecule has 102 valence electrons. The zero-order valence-corrected chi connectivity index (χ0v) is 11.3. The van der Waals surface area contributed by atoms with Crippen molar-refractivity contribution in [1.29, 1.82) is 0 Å². The van der Waals surface area contributed by atoms with Crippen LogP contribution in [0.3, 0.4) is 0 Å². The Hall–Kier alpha value is -1.13. The van der Waals surface area contributed by atoms with Crippen molar-refractivity contribution in [3.8, 4) is 0 Å². The Labute approximate surface area is 105 Å². The Morgan fingerprint density at radius 1 is 1.44 bits per heavy atom. The fraction of sp³-hybridized carbons (Fsp3) is 0.625. The number of rotatable bonds is 5. The molecular formula is C8H14N4O4S2. The van der Waals surface area contributed by atoms with Crippen molar-refractivity contribution in [2.75, 3.05) is 10.5 Å². The van der Waals surface area contributed by atoms with Crippen molar-refractivity contribution in [2.24, 2.45) is 18.1 Å². The molecule has 0 aliphatic heterocycles. The standard InChI is InChI=1S/C8H14N4O4S2/c1-12-4-7(18(9,15)16)8(10-12)11-17(13,14)5-6-2-3-6/h4,6H,2-3,5H2,1H3,(H,10,11)(H2,9,15,16). The van der Waals surface area contributed by atoms with E-state index in [-0.39, 0.29) is 22.4 Å². The van der Waals surface area contributed by atoms with Gasteiger partial charge in [-0.3, -0.25) is 9.40 Å². The van der Waals surface area contributed by atoms with Crippen molar-refractivity contribution < 1.29 is 16.8 Å². The molecule has 18 heavy (non-hydrogen) atoms. The number of nitrogens with zero attached hydrogens (tertiary/aromatic N) is 2. The van der Waals surface area contributed by atoms with Crippen LogP contribution < -0.4 is 9.86 Å². The van der Waals surface area contributed by atoms with Gasteiger partial charge in [-0.15, -0.1) is 0 Å². The van der Waals surface area contributed by atoms with Crippen molar-refractivity contribution in [3.63, 3.8) is 0 Å². The van der Waals surface area contributed by atoms with Crippen LogP contribution in [0.4, 0.5) is 5.82 Å². The fourth-order valence-corrected chi connectivity index (χ4v) is 3.74. The minimum Gasteiger partial charge on any atom is -0.272 e. The van der Waals surface area contributed by atoms with E-state index < -0.39 is 20.0 Å². The summed E-state index contributed by atoms with van der Waals surface area (Å²) in [6, 6.07) is 0. The Balaban J connectivity index is 2.28. The monoisotopic (exact) mass is 294 g/mol. The van der Waals surface area contributed by atoms with Gasteiger partial charge < -0.3 is 0 Å². The smallest absolute Gasteiger partial charge is 0.243 e. The zero-order chi connectivity index (χ0) is 13.6. The van der Waals surface area contributed by atoms with Crippen LogP contribution >= 0.6 is 0 Å². The number of primary sulfonamides is 1. The van der Waals surface area contributed by atoms with Crippen LogP contribution in [0.5, 0.6) is 0 Å². The fourth-order valence-electron chi connectivity index (χ4n) is 1.53. The zero-order valence-electron chi connectivity index (χ0n) is 9.70. The van der Waals surface area contributed by atoms with Gasteiger partial charge in [-0.2, -0.15) is 5.10 Å². The molecule has 0 amide bonds. The first-order valence-electron chi connectivity index (χ1n) is 5.24. The second-order valence-corrected chi connectivity index (χ2v) is 7.68. The van der Waals surface area contributed by atoms with Crippen LogP contribution in [0.2, 0.25) is 0 Å². The van der Waals surface area contributed by atoms with E-state index in [2.05, 4.69) is 9.82 Å². The Morgan fingerprint density at radius 2 is 2.06 bits per heavy atom. The van der Waals surface area contributed by atoms with E-state index in [0.29, 0.717) is 0 Å². The largest absolute Gasteiger partial charge is 0.272 e. The lowest BCUT2D eigenvalue weighted by Crippen LogP contribution is -2.21. The number of sulfonamides is 2. The van der Waals surface area contributed by atoms with Crippen molar-refractivity contribution in [3.05, 3.63) is 6.20 Å². The van der Waals surface area contributed by atoms with E-state index in [1.54, 1.807) is 0 Å². The summed E-state index contributed by atoms with van der Waals surface area (Å²) in [4.78, 5) is -0.329. The van der Waals surface area contributed by atoms with Gasteiger partial charge in [-0.25, -0.2) is 22.0 Å². The molecule has 8 nitrogen and oxygen atoms in total. The highest BCUT2D eigenvalue weighted by atomic mass is 32.2. The van der Waals surface area contributed by atoms with Crippen molar-refractivity contribution in [1.82, 2.24) is 9.78 Å². The normalized spacial score (nSPS) is 16.8. The van der Waals surface area contributed by atoms with E-state index in [1.807, 2.05) is 0 Å². The maximum atomic E-state index is 11.7. The number of anilines is 1. The lowest BCUT2D eigenvalue weighted by molar-refractivity contribution is 0.597. The SMILES string of the molecule is Cn1cc(S(N)(=O)=O)c(NS(=O)(=O)CC2CC2)n1. The van der Waals surface area contributed by atoms with Crippen LogP contribution in [0.1, 0.15) is 12.8 Å². The summed E-state index contributed by atoms with van der Waals surface area (Å²) < 4.78 is 49.4. The molecule has 0 spiro atoms. The predicted molar refractivity (Wildman–Crippen MR) is 64.7 cm³/mol. The molecule has 1 aliphatic rings. The molecule has 0 unspecified atom stereocenters. The van der Waals surface area contributed by atoms with Crippen LogP contribution in [-0.2, 0) is 27.1 Å². The molecule has 1 fully saturated rings. The molecule has 1 saturated carbocycles. The average molecular weight is 294 g/mol. The van der Waals surface area contributed by atoms with Crippen LogP contribution in [-0.4, -0.2) is 32.4 Å². The van der Waals surface area contributed by atoms with Crippen molar-refractivity contribution >= 4 is 25.9 Å². The average Bonchev–Trinajstić information content (AvgIpc) is 2.86. The molecule has 2 rings (SSSR count). The molecule has 0 saturated heterocycles. The summed E-state index contributed by atoms with van der Waals surface area (Å²) in [6.07, 6.45) is 2.92. The summed E-state index contributed by atoms with van der Waals surface area (Å²) in [6.45, 7) is 0. The van der Waals surface area contributed by atoms with Gasteiger partial charge in [0.2, 0.25) is 20.0 Å². The Bertz CT molecular complexity index is 657. The van der Waals surface area contributed by atoms with Gasteiger partial charge >= 0.3 is 0 Å². The lowest BCUT2D eigenvalue weighted by atomic mass is 10.5. The highest BCUT2D eigenvalue weighted by Crippen LogP contribution is 2.31. The number of aromatic nitrogens is 2. The molecular weight excluding hydrogens is 280 g/mol. The minimum atomic E-state index is -4.01. The van der Waals surface area contributed by atoms with Crippen LogP contribution in [0.25, 0.3) is 0 Å². The quantitative estimate of drug-likeness (QED) is 0.737. The Morgan fingerprint density at radius 3 is 2.56 bits per heavy atom. The third-order valence-corrected chi connectivity index (χ3v) is 4.83. The molecule has 0 atom stereocenters. The molecule has 1 aliphatic carbocycles. The number of hydrogen-bond acceptors (Lipinski definition) is 5. The molecule has 0 radical (unpaired) electrons. The first kappa shape index (κ1) is 13.3. The van der Waals surface area contributed by atoms with E-state index in [1.165, 1.54) is 11.7 Å². The lowest BCUT2D eigenvalue weighted by Gasteiger charge is -2.05. The molecule has 3 N–H and O–H groups in total. The second-order valence-electron chi connectivity index (χ2n) is 4.39. The molecule has 1 aromatic rings. The first-order chi connectivity index (χ1) is 8.17. The third-order valence-electron chi connectivity index (χ3n) is 2.51.